The van der Waals surface area contributed by atoms with Gasteiger partial charge < -0.3 is 14.6 Å². The van der Waals surface area contributed by atoms with Crippen LogP contribution in [0.1, 0.15) is 31.6 Å². The van der Waals surface area contributed by atoms with Crippen molar-refractivity contribution in [2.45, 2.75) is 37.6 Å². The number of nitrogens with one attached hydrogen (secondary N) is 1. The molecule has 0 aliphatic heterocycles. The van der Waals surface area contributed by atoms with Gasteiger partial charge in [-0.1, -0.05) is 18.0 Å². The first-order valence-corrected chi connectivity index (χ1v) is 7.34. The molecule has 1 heterocycles. The molecule has 128 valence electrons. The summed E-state index contributed by atoms with van der Waals surface area (Å²) >= 11 is 0. The van der Waals surface area contributed by atoms with Crippen molar-refractivity contribution in [3.05, 3.63) is 30.2 Å². The number of hydrogen-bond donors (Lipinski definition) is 1. The maximum absolute atomic E-state index is 12.2. The smallest absolute Gasteiger partial charge is 0.406 e. The van der Waals surface area contributed by atoms with Gasteiger partial charge in [0, 0.05) is 5.56 Å². The Hall–Kier alpha value is -2.58. The van der Waals surface area contributed by atoms with Crippen molar-refractivity contribution in [2.75, 3.05) is 0 Å². The first-order valence-electron chi connectivity index (χ1n) is 7.34. The highest BCUT2D eigenvalue weighted by molar-refractivity contribution is 5.56. The third-order valence-electron chi connectivity index (χ3n) is 3.97. The molecule has 1 fully saturated rings. The fourth-order valence-electron chi connectivity index (χ4n) is 2.85. The molecule has 1 aromatic carbocycles. The average molecular weight is 341 g/mol. The number of carbonyl (C=O) groups excluding carboxylic acids is 1. The summed E-state index contributed by atoms with van der Waals surface area (Å²) in [7, 11) is 0. The zero-order chi connectivity index (χ0) is 17.2. The lowest BCUT2D eigenvalue weighted by molar-refractivity contribution is -0.274. The molecular weight excluding hydrogens is 327 g/mol. The SMILES string of the molecule is O=CNC1(c2nc(-c3ccc(OC(F)(F)F)cc3)no2)CCCC1. The van der Waals surface area contributed by atoms with Gasteiger partial charge in [0.15, 0.2) is 0 Å². The first-order chi connectivity index (χ1) is 11.4. The predicted molar refractivity (Wildman–Crippen MR) is 75.8 cm³/mol. The summed E-state index contributed by atoms with van der Waals surface area (Å²) in [6.45, 7) is 0. The van der Waals surface area contributed by atoms with E-state index in [0.717, 1.165) is 12.8 Å². The van der Waals surface area contributed by atoms with E-state index in [-0.39, 0.29) is 11.6 Å². The minimum Gasteiger partial charge on any atom is -0.406 e. The molecule has 0 spiro atoms. The van der Waals surface area contributed by atoms with Crippen LogP contribution < -0.4 is 10.1 Å². The Bertz CT molecular complexity index is 707. The van der Waals surface area contributed by atoms with E-state index in [9.17, 15) is 18.0 Å². The first kappa shape index (κ1) is 16.3. The van der Waals surface area contributed by atoms with Gasteiger partial charge in [0.05, 0.1) is 0 Å². The Morgan fingerprint density at radius 3 is 2.46 bits per heavy atom. The fraction of sp³-hybridized carbons (Fsp3) is 0.400. The third-order valence-corrected chi connectivity index (χ3v) is 3.97. The topological polar surface area (TPSA) is 77.2 Å². The molecule has 24 heavy (non-hydrogen) atoms. The van der Waals surface area contributed by atoms with Crippen LogP contribution in [0, 0.1) is 0 Å². The summed E-state index contributed by atoms with van der Waals surface area (Å²) in [5, 5.41) is 6.61. The van der Waals surface area contributed by atoms with Crippen LogP contribution >= 0.6 is 0 Å². The number of alkyl halides is 3. The van der Waals surface area contributed by atoms with Crippen molar-refractivity contribution < 1.29 is 27.2 Å². The van der Waals surface area contributed by atoms with Crippen LogP contribution in [0.5, 0.6) is 5.75 Å². The number of rotatable bonds is 5. The van der Waals surface area contributed by atoms with Gasteiger partial charge in [-0.25, -0.2) is 0 Å². The number of carbonyl (C=O) groups is 1. The van der Waals surface area contributed by atoms with E-state index in [0.29, 0.717) is 30.7 Å². The molecule has 3 rings (SSSR count). The molecule has 1 aliphatic carbocycles. The maximum Gasteiger partial charge on any atom is 0.573 e. The zero-order valence-electron chi connectivity index (χ0n) is 12.5. The molecule has 0 bridgehead atoms. The zero-order valence-corrected chi connectivity index (χ0v) is 12.5. The molecular formula is C15H14F3N3O3. The van der Waals surface area contributed by atoms with Gasteiger partial charge in [0.2, 0.25) is 12.2 Å². The van der Waals surface area contributed by atoms with Crippen molar-refractivity contribution in [3.63, 3.8) is 0 Å². The van der Waals surface area contributed by atoms with Crippen LogP contribution in [0.2, 0.25) is 0 Å². The normalized spacial score (nSPS) is 16.8. The molecule has 2 aromatic rings. The highest BCUT2D eigenvalue weighted by Gasteiger charge is 2.40. The van der Waals surface area contributed by atoms with Gasteiger partial charge in [-0.3, -0.25) is 4.79 Å². The molecule has 9 heteroatoms. The standard InChI is InChI=1S/C15H14F3N3O3/c16-15(17,18)23-11-5-3-10(4-6-11)12-20-13(24-21-12)14(19-9-22)7-1-2-8-14/h3-6,9H,1-2,7-8H2,(H,19,22). The summed E-state index contributed by atoms with van der Waals surface area (Å²) < 4.78 is 45.6. The summed E-state index contributed by atoms with van der Waals surface area (Å²) in [6, 6.07) is 5.16. The van der Waals surface area contributed by atoms with E-state index in [2.05, 4.69) is 20.2 Å². The molecule has 1 amide bonds. The maximum atomic E-state index is 12.2. The number of ether oxygens (including phenoxy) is 1. The van der Waals surface area contributed by atoms with Crippen molar-refractivity contribution in [3.8, 4) is 17.1 Å². The van der Waals surface area contributed by atoms with Crippen molar-refractivity contribution in [1.29, 1.82) is 0 Å². The Morgan fingerprint density at radius 2 is 1.88 bits per heavy atom. The van der Waals surface area contributed by atoms with Crippen LogP contribution in [-0.4, -0.2) is 22.9 Å². The van der Waals surface area contributed by atoms with Gasteiger partial charge in [-0.15, -0.1) is 13.2 Å². The van der Waals surface area contributed by atoms with E-state index < -0.39 is 11.9 Å². The fourth-order valence-corrected chi connectivity index (χ4v) is 2.85. The number of hydrogen-bond acceptors (Lipinski definition) is 5. The monoisotopic (exact) mass is 341 g/mol. The van der Waals surface area contributed by atoms with E-state index in [1.165, 1.54) is 24.3 Å². The van der Waals surface area contributed by atoms with Crippen LogP contribution in [0.15, 0.2) is 28.8 Å². The largest absolute Gasteiger partial charge is 0.573 e. The second-order valence-electron chi connectivity index (χ2n) is 5.55. The summed E-state index contributed by atoms with van der Waals surface area (Å²) in [5.74, 6) is 0.213. The summed E-state index contributed by atoms with van der Waals surface area (Å²) in [6.07, 6.45) is -0.865. The minimum atomic E-state index is -4.74. The van der Waals surface area contributed by atoms with Crippen LogP contribution in [0.3, 0.4) is 0 Å². The van der Waals surface area contributed by atoms with E-state index in [1.54, 1.807) is 0 Å². The molecule has 0 radical (unpaired) electrons. The van der Waals surface area contributed by atoms with Crippen LogP contribution in [0.25, 0.3) is 11.4 Å². The molecule has 0 unspecified atom stereocenters. The van der Waals surface area contributed by atoms with E-state index in [1.807, 2.05) is 0 Å². The van der Waals surface area contributed by atoms with E-state index in [4.69, 9.17) is 4.52 Å². The van der Waals surface area contributed by atoms with Crippen molar-refractivity contribution in [1.82, 2.24) is 15.5 Å². The van der Waals surface area contributed by atoms with Gasteiger partial charge >= 0.3 is 6.36 Å². The number of halogens is 3. The molecule has 0 saturated heterocycles. The van der Waals surface area contributed by atoms with Gasteiger partial charge in [-0.05, 0) is 37.1 Å². The van der Waals surface area contributed by atoms with Crippen LogP contribution in [0.4, 0.5) is 13.2 Å². The van der Waals surface area contributed by atoms with Gasteiger partial charge in [0.1, 0.15) is 11.3 Å². The second-order valence-corrected chi connectivity index (χ2v) is 5.55. The molecule has 6 nitrogen and oxygen atoms in total. The number of aromatic nitrogens is 2. The summed E-state index contributed by atoms with van der Waals surface area (Å²) in [4.78, 5) is 15.2. The van der Waals surface area contributed by atoms with Gasteiger partial charge in [-0.2, -0.15) is 4.98 Å². The lowest BCUT2D eigenvalue weighted by Crippen LogP contribution is -2.39. The highest BCUT2D eigenvalue weighted by atomic mass is 19.4. The molecule has 1 aliphatic rings. The minimum absolute atomic E-state index is 0.238. The quantitative estimate of drug-likeness (QED) is 0.846. The molecule has 1 saturated carbocycles. The van der Waals surface area contributed by atoms with Gasteiger partial charge in [0.25, 0.3) is 5.89 Å². The number of amides is 1. The number of benzene rings is 1. The number of nitrogens with zero attached hydrogens (tertiary/aromatic N) is 2. The Labute approximate surface area is 135 Å². The Balaban J connectivity index is 1.81. The third kappa shape index (κ3) is 3.34. The van der Waals surface area contributed by atoms with Crippen LogP contribution in [-0.2, 0) is 10.3 Å². The lowest BCUT2D eigenvalue weighted by atomic mass is 9.98. The predicted octanol–water partition coefficient (Wildman–Crippen LogP) is 3.15. The average Bonchev–Trinajstić information content (AvgIpc) is 3.16. The molecule has 1 N–H and O–H groups in total. The lowest BCUT2D eigenvalue weighted by Gasteiger charge is -2.23. The highest BCUT2D eigenvalue weighted by Crippen LogP contribution is 2.38. The Morgan fingerprint density at radius 1 is 1.21 bits per heavy atom. The second kappa shape index (κ2) is 6.14. The Kier molecular flexibility index (Phi) is 4.16. The summed E-state index contributed by atoms with van der Waals surface area (Å²) in [5.41, 5.74) is -0.175. The molecule has 1 aromatic heterocycles. The molecule has 0 atom stereocenters. The van der Waals surface area contributed by atoms with Crippen molar-refractivity contribution in [2.24, 2.45) is 0 Å². The van der Waals surface area contributed by atoms with Crippen molar-refractivity contribution >= 4 is 6.41 Å². The van der Waals surface area contributed by atoms with E-state index >= 15 is 0 Å².